The van der Waals surface area contributed by atoms with E-state index in [2.05, 4.69) is 0 Å². The van der Waals surface area contributed by atoms with E-state index in [4.69, 9.17) is 9.47 Å². The number of aliphatic hydroxyl groups excluding tert-OH is 1. The topological polar surface area (TPSA) is 76.1 Å². The highest BCUT2D eigenvalue weighted by molar-refractivity contribution is 6.46. The van der Waals surface area contributed by atoms with E-state index in [1.54, 1.807) is 42.5 Å². The third-order valence-corrected chi connectivity index (χ3v) is 5.61. The van der Waals surface area contributed by atoms with Crippen molar-refractivity contribution in [2.24, 2.45) is 0 Å². The number of likely N-dealkylation sites (tertiary alicyclic amines) is 1. The normalized spacial score (nSPS) is 17.3. The summed E-state index contributed by atoms with van der Waals surface area (Å²) >= 11 is 0. The Hall–Kier alpha value is -4.13. The SMILES string of the molecule is COc1ccccc1CN1C(=O)C(=O)/C(=C(/O)c2cc(F)ccc2OC)C1c1ccccc1. The lowest BCUT2D eigenvalue weighted by atomic mass is 9.95. The molecule has 1 unspecified atom stereocenters. The van der Waals surface area contributed by atoms with Crippen molar-refractivity contribution in [2.75, 3.05) is 14.2 Å². The van der Waals surface area contributed by atoms with E-state index in [0.29, 0.717) is 16.9 Å². The summed E-state index contributed by atoms with van der Waals surface area (Å²) < 4.78 is 24.7. The van der Waals surface area contributed by atoms with Gasteiger partial charge in [-0.1, -0.05) is 48.5 Å². The average Bonchev–Trinajstić information content (AvgIpc) is 3.09. The van der Waals surface area contributed by atoms with Crippen molar-refractivity contribution in [1.29, 1.82) is 0 Å². The van der Waals surface area contributed by atoms with E-state index in [1.165, 1.54) is 31.3 Å². The molecule has 1 saturated heterocycles. The van der Waals surface area contributed by atoms with Crippen LogP contribution in [0.15, 0.2) is 78.4 Å². The zero-order valence-corrected chi connectivity index (χ0v) is 18.1. The molecule has 1 N–H and O–H groups in total. The van der Waals surface area contributed by atoms with Gasteiger partial charge in [0.05, 0.1) is 37.9 Å². The Labute approximate surface area is 190 Å². The second-order valence-corrected chi connectivity index (χ2v) is 7.49. The molecular weight excluding hydrogens is 425 g/mol. The largest absolute Gasteiger partial charge is 0.507 e. The number of carbonyl (C=O) groups excluding carboxylic acids is 2. The van der Waals surface area contributed by atoms with E-state index < -0.39 is 29.3 Å². The molecule has 33 heavy (non-hydrogen) atoms. The Kier molecular flexibility index (Phi) is 6.13. The van der Waals surface area contributed by atoms with Crippen molar-refractivity contribution >= 4 is 17.4 Å². The second-order valence-electron chi connectivity index (χ2n) is 7.49. The van der Waals surface area contributed by atoms with Crippen molar-refractivity contribution < 1.29 is 28.6 Å². The average molecular weight is 447 g/mol. The number of para-hydroxylation sites is 1. The van der Waals surface area contributed by atoms with Crippen LogP contribution < -0.4 is 9.47 Å². The van der Waals surface area contributed by atoms with E-state index in [0.717, 1.165) is 6.07 Å². The smallest absolute Gasteiger partial charge is 0.295 e. The Morgan fingerprint density at radius 1 is 0.939 bits per heavy atom. The maximum Gasteiger partial charge on any atom is 0.295 e. The lowest BCUT2D eigenvalue weighted by Gasteiger charge is -2.26. The molecule has 1 atom stereocenters. The van der Waals surface area contributed by atoms with Crippen LogP contribution in [-0.4, -0.2) is 35.9 Å². The molecule has 7 heteroatoms. The predicted octanol–water partition coefficient (Wildman–Crippen LogP) is 4.46. The minimum Gasteiger partial charge on any atom is -0.507 e. The Morgan fingerprint density at radius 3 is 2.30 bits per heavy atom. The van der Waals surface area contributed by atoms with Gasteiger partial charge in [-0.3, -0.25) is 9.59 Å². The number of amides is 1. The Bertz CT molecular complexity index is 1240. The van der Waals surface area contributed by atoms with Crippen LogP contribution in [0, 0.1) is 5.82 Å². The lowest BCUT2D eigenvalue weighted by molar-refractivity contribution is -0.140. The fraction of sp³-hybridized carbons (Fsp3) is 0.154. The molecule has 1 aliphatic rings. The number of benzene rings is 3. The minimum atomic E-state index is -0.885. The number of nitrogens with zero attached hydrogens (tertiary/aromatic N) is 1. The lowest BCUT2D eigenvalue weighted by Crippen LogP contribution is -2.29. The number of carbonyl (C=O) groups is 2. The molecule has 1 heterocycles. The van der Waals surface area contributed by atoms with Crippen LogP contribution in [0.25, 0.3) is 5.76 Å². The predicted molar refractivity (Wildman–Crippen MR) is 120 cm³/mol. The van der Waals surface area contributed by atoms with E-state index in [1.807, 2.05) is 12.1 Å². The highest BCUT2D eigenvalue weighted by Crippen LogP contribution is 2.42. The third-order valence-electron chi connectivity index (χ3n) is 5.61. The number of hydrogen-bond donors (Lipinski definition) is 1. The Balaban J connectivity index is 1.90. The van der Waals surface area contributed by atoms with Crippen molar-refractivity contribution in [3.63, 3.8) is 0 Å². The summed E-state index contributed by atoms with van der Waals surface area (Å²) in [6, 6.07) is 18.8. The van der Waals surface area contributed by atoms with Crippen LogP contribution in [-0.2, 0) is 16.1 Å². The van der Waals surface area contributed by atoms with Crippen LogP contribution in [0.2, 0.25) is 0 Å². The van der Waals surface area contributed by atoms with Gasteiger partial charge in [0.2, 0.25) is 0 Å². The number of aliphatic hydroxyl groups is 1. The first-order valence-corrected chi connectivity index (χ1v) is 10.3. The highest BCUT2D eigenvalue weighted by atomic mass is 19.1. The first-order chi connectivity index (χ1) is 16.0. The number of halogens is 1. The number of rotatable bonds is 6. The molecule has 1 amide bonds. The van der Waals surface area contributed by atoms with Gasteiger partial charge in [-0.15, -0.1) is 0 Å². The summed E-state index contributed by atoms with van der Waals surface area (Å²) in [4.78, 5) is 27.7. The van der Waals surface area contributed by atoms with Crippen LogP contribution in [0.5, 0.6) is 11.5 Å². The standard InChI is InChI=1S/C26H22FNO5/c1-32-20-11-7-6-10-17(20)15-28-23(16-8-4-3-5-9-16)22(25(30)26(28)31)24(29)19-14-18(27)12-13-21(19)33-2/h3-14,23,29H,15H2,1-2H3/b24-22+. The molecule has 0 spiro atoms. The zero-order valence-electron chi connectivity index (χ0n) is 18.1. The van der Waals surface area contributed by atoms with Crippen LogP contribution in [0.4, 0.5) is 4.39 Å². The Morgan fingerprint density at radius 2 is 1.61 bits per heavy atom. The molecule has 0 aliphatic carbocycles. The molecule has 0 saturated carbocycles. The third kappa shape index (κ3) is 4.05. The van der Waals surface area contributed by atoms with Gasteiger partial charge >= 0.3 is 0 Å². The summed E-state index contributed by atoms with van der Waals surface area (Å²) in [5, 5.41) is 11.2. The molecule has 3 aromatic rings. The van der Waals surface area contributed by atoms with Crippen LogP contribution >= 0.6 is 0 Å². The van der Waals surface area contributed by atoms with Gasteiger partial charge in [0.1, 0.15) is 23.1 Å². The molecule has 6 nitrogen and oxygen atoms in total. The van der Waals surface area contributed by atoms with Crippen LogP contribution in [0.3, 0.4) is 0 Å². The molecule has 3 aromatic carbocycles. The van der Waals surface area contributed by atoms with Gasteiger partial charge in [-0.2, -0.15) is 0 Å². The maximum absolute atomic E-state index is 14.0. The van der Waals surface area contributed by atoms with Gasteiger partial charge in [-0.05, 0) is 29.8 Å². The summed E-state index contributed by atoms with van der Waals surface area (Å²) in [5.74, 6) is -2.00. The van der Waals surface area contributed by atoms with Gasteiger partial charge in [0.25, 0.3) is 11.7 Å². The molecule has 0 aromatic heterocycles. The fourth-order valence-corrected chi connectivity index (χ4v) is 4.05. The summed E-state index contributed by atoms with van der Waals surface area (Å²) in [7, 11) is 2.90. The molecule has 1 aliphatic heterocycles. The molecule has 0 bridgehead atoms. The molecule has 0 radical (unpaired) electrons. The maximum atomic E-state index is 14.0. The van der Waals surface area contributed by atoms with Crippen molar-refractivity contribution in [2.45, 2.75) is 12.6 Å². The second kappa shape index (κ2) is 9.16. The number of ether oxygens (including phenoxy) is 2. The minimum absolute atomic E-state index is 0.00581. The van der Waals surface area contributed by atoms with Crippen molar-refractivity contribution in [1.82, 2.24) is 4.90 Å². The van der Waals surface area contributed by atoms with E-state index >= 15 is 0 Å². The first-order valence-electron chi connectivity index (χ1n) is 10.3. The summed E-state index contributed by atoms with van der Waals surface area (Å²) in [6.45, 7) is 0.0746. The van der Waals surface area contributed by atoms with E-state index in [-0.39, 0.29) is 23.4 Å². The van der Waals surface area contributed by atoms with Crippen molar-refractivity contribution in [3.05, 3.63) is 101 Å². The highest BCUT2D eigenvalue weighted by Gasteiger charge is 2.46. The van der Waals surface area contributed by atoms with Crippen molar-refractivity contribution in [3.8, 4) is 11.5 Å². The molecule has 4 rings (SSSR count). The van der Waals surface area contributed by atoms with E-state index in [9.17, 15) is 19.1 Å². The molecule has 168 valence electrons. The van der Waals surface area contributed by atoms with Crippen LogP contribution in [0.1, 0.15) is 22.7 Å². The molecule has 1 fully saturated rings. The van der Waals surface area contributed by atoms with Gasteiger partial charge < -0.3 is 19.5 Å². The summed E-state index contributed by atoms with van der Waals surface area (Å²) in [5.41, 5.74) is 1.19. The zero-order chi connectivity index (χ0) is 23.5. The number of methoxy groups -OCH3 is 2. The quantitative estimate of drug-likeness (QED) is 0.343. The monoisotopic (exact) mass is 447 g/mol. The number of hydrogen-bond acceptors (Lipinski definition) is 5. The summed E-state index contributed by atoms with van der Waals surface area (Å²) in [6.07, 6.45) is 0. The van der Waals surface area contributed by atoms with Gasteiger partial charge in [0, 0.05) is 5.56 Å². The first kappa shape index (κ1) is 22.1. The number of Topliss-reactive ketones (excluding diaryl/α,β-unsaturated/α-hetero) is 1. The van der Waals surface area contributed by atoms with Gasteiger partial charge in [-0.25, -0.2) is 4.39 Å². The van der Waals surface area contributed by atoms with Gasteiger partial charge in [0.15, 0.2) is 0 Å². The number of ketones is 1. The fourth-order valence-electron chi connectivity index (χ4n) is 4.05. The molecular formula is C26H22FNO5.